The zero-order valence-electron chi connectivity index (χ0n) is 15.6. The van der Waals surface area contributed by atoms with E-state index in [-0.39, 0.29) is 4.91 Å². The first-order chi connectivity index (χ1) is 12.3. The maximum absolute atomic E-state index is 12.6. The van der Waals surface area contributed by atoms with E-state index in [2.05, 4.69) is 30.5 Å². The summed E-state index contributed by atoms with van der Waals surface area (Å²) in [4.78, 5) is 0.278. The van der Waals surface area contributed by atoms with Crippen LogP contribution in [0, 0.1) is 0 Å². The summed E-state index contributed by atoms with van der Waals surface area (Å²) in [7, 11) is -3.70. The van der Waals surface area contributed by atoms with Gasteiger partial charge in [-0.1, -0.05) is 57.2 Å². The minimum absolute atomic E-state index is 0.278. The fourth-order valence-electron chi connectivity index (χ4n) is 3.00. The van der Waals surface area contributed by atoms with Gasteiger partial charge in [-0.05, 0) is 48.1 Å². The van der Waals surface area contributed by atoms with Crippen molar-refractivity contribution in [2.75, 3.05) is 5.32 Å². The molecular formula is C21H24N2O2S. The summed E-state index contributed by atoms with van der Waals surface area (Å²) < 4.78 is 29.2. The highest BCUT2D eigenvalue weighted by Crippen LogP contribution is 2.33. The highest BCUT2D eigenvalue weighted by atomic mass is 32.2. The third kappa shape index (κ3) is 3.58. The fraction of sp³-hybridized carbons (Fsp3) is 0.286. The van der Waals surface area contributed by atoms with Crippen LogP contribution in [0.15, 0.2) is 58.5 Å². The van der Waals surface area contributed by atoms with Gasteiger partial charge in [0.1, 0.15) is 10.7 Å². The molecule has 0 spiro atoms. The number of aryl methyl sites for hydroxylation is 1. The van der Waals surface area contributed by atoms with Crippen molar-refractivity contribution in [3.05, 3.63) is 70.8 Å². The lowest BCUT2D eigenvalue weighted by atomic mass is 10.0. The number of hydrogen-bond acceptors (Lipinski definition) is 3. The van der Waals surface area contributed by atoms with Crippen LogP contribution in [0.25, 0.3) is 4.91 Å². The van der Waals surface area contributed by atoms with Gasteiger partial charge in [0.25, 0.3) is 10.0 Å². The van der Waals surface area contributed by atoms with Crippen LogP contribution in [0.5, 0.6) is 0 Å². The Labute approximate surface area is 155 Å². The molecule has 0 saturated carbocycles. The molecule has 0 fully saturated rings. The SMILES string of the molecule is CCc1ccc(NC2=NS(=O)(=O)C(c3ccc(C(C)C)cc3)=C2C)cc1. The van der Waals surface area contributed by atoms with Crippen LogP contribution < -0.4 is 5.32 Å². The summed E-state index contributed by atoms with van der Waals surface area (Å²) in [5.74, 6) is 0.788. The lowest BCUT2D eigenvalue weighted by Crippen LogP contribution is -2.11. The fourth-order valence-corrected chi connectivity index (χ4v) is 4.43. The minimum Gasteiger partial charge on any atom is -0.339 e. The molecule has 136 valence electrons. The Morgan fingerprint density at radius 3 is 2.15 bits per heavy atom. The Bertz CT molecular complexity index is 968. The van der Waals surface area contributed by atoms with Gasteiger partial charge >= 0.3 is 0 Å². The molecule has 0 saturated heterocycles. The average molecular weight is 369 g/mol. The van der Waals surface area contributed by atoms with Crippen molar-refractivity contribution in [1.29, 1.82) is 0 Å². The Hall–Kier alpha value is -2.40. The quantitative estimate of drug-likeness (QED) is 0.830. The molecular weight excluding hydrogens is 344 g/mol. The number of sulfonamides is 1. The van der Waals surface area contributed by atoms with Gasteiger partial charge in [-0.15, -0.1) is 4.40 Å². The van der Waals surface area contributed by atoms with Gasteiger partial charge in [0.05, 0.1) is 0 Å². The van der Waals surface area contributed by atoms with Crippen molar-refractivity contribution in [2.45, 2.75) is 40.0 Å². The third-order valence-corrected chi connectivity index (χ3v) is 6.11. The summed E-state index contributed by atoms with van der Waals surface area (Å²) in [5.41, 5.74) is 4.55. The van der Waals surface area contributed by atoms with E-state index in [1.54, 1.807) is 6.92 Å². The summed E-state index contributed by atoms with van der Waals surface area (Å²) >= 11 is 0. The normalized spacial score (nSPS) is 16.1. The summed E-state index contributed by atoms with van der Waals surface area (Å²) in [6.07, 6.45) is 0.963. The summed E-state index contributed by atoms with van der Waals surface area (Å²) in [6, 6.07) is 15.6. The average Bonchev–Trinajstić information content (AvgIpc) is 2.84. The van der Waals surface area contributed by atoms with Crippen molar-refractivity contribution in [3.63, 3.8) is 0 Å². The highest BCUT2D eigenvalue weighted by molar-refractivity contribution is 8.00. The van der Waals surface area contributed by atoms with Crippen molar-refractivity contribution in [2.24, 2.45) is 4.40 Å². The van der Waals surface area contributed by atoms with E-state index in [1.165, 1.54) is 11.1 Å². The van der Waals surface area contributed by atoms with Crippen LogP contribution in [0.4, 0.5) is 5.69 Å². The van der Waals surface area contributed by atoms with E-state index in [0.29, 0.717) is 22.9 Å². The van der Waals surface area contributed by atoms with Crippen LogP contribution in [0.3, 0.4) is 0 Å². The number of hydrogen-bond donors (Lipinski definition) is 1. The standard InChI is InChI=1S/C21H24N2O2S/c1-5-16-6-12-19(13-7-16)22-21-15(4)20(26(24,25)23-21)18-10-8-17(9-11-18)14(2)3/h6-14H,5H2,1-4H3,(H,22,23). The van der Waals surface area contributed by atoms with E-state index < -0.39 is 10.0 Å². The van der Waals surface area contributed by atoms with Crippen molar-refractivity contribution in [3.8, 4) is 0 Å². The van der Waals surface area contributed by atoms with Gasteiger partial charge in [0, 0.05) is 11.3 Å². The van der Waals surface area contributed by atoms with Gasteiger partial charge in [0.2, 0.25) is 0 Å². The number of nitrogens with one attached hydrogen (secondary N) is 1. The molecule has 0 bridgehead atoms. The molecule has 2 aromatic carbocycles. The second-order valence-corrected chi connectivity index (χ2v) is 8.36. The summed E-state index contributed by atoms with van der Waals surface area (Å²) in [6.45, 7) is 8.11. The number of benzene rings is 2. The van der Waals surface area contributed by atoms with Gasteiger partial charge < -0.3 is 5.32 Å². The lowest BCUT2D eigenvalue weighted by molar-refractivity contribution is 0.608. The number of anilines is 1. The Morgan fingerprint density at radius 2 is 1.62 bits per heavy atom. The van der Waals surface area contributed by atoms with E-state index in [4.69, 9.17) is 0 Å². The third-order valence-electron chi connectivity index (χ3n) is 4.63. The Balaban J connectivity index is 1.93. The minimum atomic E-state index is -3.70. The van der Waals surface area contributed by atoms with Crippen molar-refractivity contribution >= 4 is 26.5 Å². The number of nitrogens with zero attached hydrogens (tertiary/aromatic N) is 1. The van der Waals surface area contributed by atoms with Crippen LogP contribution in [0.1, 0.15) is 50.3 Å². The van der Waals surface area contributed by atoms with Crippen LogP contribution in [-0.2, 0) is 16.4 Å². The van der Waals surface area contributed by atoms with Crippen molar-refractivity contribution in [1.82, 2.24) is 0 Å². The smallest absolute Gasteiger partial charge is 0.285 e. The predicted molar refractivity (Wildman–Crippen MR) is 109 cm³/mol. The molecule has 1 heterocycles. The van der Waals surface area contributed by atoms with Gasteiger partial charge in [-0.25, -0.2) is 0 Å². The molecule has 2 aromatic rings. The first-order valence-corrected chi connectivity index (χ1v) is 10.3. The Kier molecular flexibility index (Phi) is 5.01. The molecule has 0 radical (unpaired) electrons. The predicted octanol–water partition coefficient (Wildman–Crippen LogP) is 4.96. The molecule has 4 nitrogen and oxygen atoms in total. The molecule has 3 rings (SSSR count). The monoisotopic (exact) mass is 368 g/mol. The van der Waals surface area contributed by atoms with E-state index in [0.717, 1.165) is 12.1 Å². The van der Waals surface area contributed by atoms with Gasteiger partial charge in [0.15, 0.2) is 0 Å². The number of amidine groups is 1. The summed E-state index contributed by atoms with van der Waals surface area (Å²) in [5, 5.41) is 3.14. The Morgan fingerprint density at radius 1 is 1.00 bits per heavy atom. The van der Waals surface area contributed by atoms with Crippen LogP contribution in [-0.4, -0.2) is 14.3 Å². The zero-order chi connectivity index (χ0) is 18.9. The number of rotatable bonds is 4. The molecule has 1 aliphatic heterocycles. The molecule has 1 aliphatic rings. The molecule has 0 amide bonds. The highest BCUT2D eigenvalue weighted by Gasteiger charge is 2.31. The van der Waals surface area contributed by atoms with Gasteiger partial charge in [-0.2, -0.15) is 8.42 Å². The zero-order valence-corrected chi connectivity index (χ0v) is 16.4. The van der Waals surface area contributed by atoms with Gasteiger partial charge in [-0.3, -0.25) is 0 Å². The first kappa shape index (κ1) is 18.4. The maximum atomic E-state index is 12.6. The molecule has 1 N–H and O–H groups in total. The molecule has 5 heteroatoms. The topological polar surface area (TPSA) is 58.5 Å². The van der Waals surface area contributed by atoms with E-state index in [1.807, 2.05) is 48.5 Å². The molecule has 0 aromatic heterocycles. The molecule has 0 atom stereocenters. The molecule has 0 aliphatic carbocycles. The molecule has 26 heavy (non-hydrogen) atoms. The second-order valence-electron chi connectivity index (χ2n) is 6.82. The van der Waals surface area contributed by atoms with Crippen LogP contribution >= 0.6 is 0 Å². The van der Waals surface area contributed by atoms with Crippen molar-refractivity contribution < 1.29 is 8.42 Å². The van der Waals surface area contributed by atoms with Crippen LogP contribution in [0.2, 0.25) is 0 Å². The lowest BCUT2D eigenvalue weighted by Gasteiger charge is -2.09. The van der Waals surface area contributed by atoms with E-state index in [9.17, 15) is 8.42 Å². The molecule has 0 unspecified atom stereocenters. The maximum Gasteiger partial charge on any atom is 0.285 e. The largest absolute Gasteiger partial charge is 0.339 e. The van der Waals surface area contributed by atoms with E-state index >= 15 is 0 Å². The second kappa shape index (κ2) is 7.08. The first-order valence-electron chi connectivity index (χ1n) is 8.84.